The zero-order valence-electron chi connectivity index (χ0n) is 10.6. The van der Waals surface area contributed by atoms with Gasteiger partial charge in [0.25, 0.3) is 0 Å². The Morgan fingerprint density at radius 2 is 1.21 bits per heavy atom. The summed E-state index contributed by atoms with van der Waals surface area (Å²) in [6.07, 6.45) is 14.4. The Morgan fingerprint density at radius 3 is 1.71 bits per heavy atom. The normalized spacial score (nSPS) is 13.1. The summed E-state index contributed by atoms with van der Waals surface area (Å²) in [5.74, 6) is 0.954. The van der Waals surface area contributed by atoms with Crippen LogP contribution in [0.2, 0.25) is 0 Å². The zero-order valence-corrected chi connectivity index (χ0v) is 10.6. The van der Waals surface area contributed by atoms with Crippen LogP contribution in [-0.2, 0) is 0 Å². The molecule has 0 aromatic rings. The average Bonchev–Trinajstić information content (AvgIpc) is 2.21. The Morgan fingerprint density at radius 1 is 0.714 bits per heavy atom. The van der Waals surface area contributed by atoms with Crippen LogP contribution in [0.1, 0.15) is 85.0 Å². The summed E-state index contributed by atoms with van der Waals surface area (Å²) in [6.45, 7) is 6.96. The van der Waals surface area contributed by atoms with E-state index in [1.165, 1.54) is 64.2 Å². The maximum absolute atomic E-state index is 2.38. The van der Waals surface area contributed by atoms with Gasteiger partial charge in [-0.15, -0.1) is 0 Å². The molecule has 0 N–H and O–H groups in total. The Balaban J connectivity index is 2.92. The smallest absolute Gasteiger partial charge is 0.0445 e. The predicted molar refractivity (Wildman–Crippen MR) is 66.7 cm³/mol. The van der Waals surface area contributed by atoms with Crippen molar-refractivity contribution < 1.29 is 0 Å². The molecular weight excluding hydrogens is 168 g/mol. The third-order valence-corrected chi connectivity index (χ3v) is 3.25. The van der Waals surface area contributed by atoms with Crippen molar-refractivity contribution >= 4 is 0 Å². The summed E-state index contributed by atoms with van der Waals surface area (Å²) in [6, 6.07) is 0. The second-order valence-electron chi connectivity index (χ2n) is 4.78. The topological polar surface area (TPSA) is 0 Å². The molecule has 0 aliphatic carbocycles. The molecular formula is C14H30. The van der Waals surface area contributed by atoms with Gasteiger partial charge < -0.3 is 0 Å². The van der Waals surface area contributed by atoms with E-state index in [1.807, 2.05) is 0 Å². The van der Waals surface area contributed by atoms with Crippen molar-refractivity contribution in [1.29, 1.82) is 0 Å². The third kappa shape index (κ3) is 10.1. The SMILES string of the molecule is CCCCCCCCCC[C@H](C)CC. The molecule has 1 atom stereocenters. The Labute approximate surface area is 91.5 Å². The van der Waals surface area contributed by atoms with Crippen molar-refractivity contribution in [1.82, 2.24) is 0 Å². The molecule has 0 radical (unpaired) electrons. The number of unbranched alkanes of at least 4 members (excludes halogenated alkanes) is 7. The van der Waals surface area contributed by atoms with Crippen molar-refractivity contribution in [3.63, 3.8) is 0 Å². The molecule has 14 heavy (non-hydrogen) atoms. The van der Waals surface area contributed by atoms with Gasteiger partial charge in [-0.25, -0.2) is 0 Å². The van der Waals surface area contributed by atoms with Crippen molar-refractivity contribution in [3.8, 4) is 0 Å². The van der Waals surface area contributed by atoms with Gasteiger partial charge in [-0.3, -0.25) is 0 Å². The van der Waals surface area contributed by atoms with Crippen LogP contribution in [0.3, 0.4) is 0 Å². The second-order valence-corrected chi connectivity index (χ2v) is 4.78. The van der Waals surface area contributed by atoms with Crippen molar-refractivity contribution in [2.24, 2.45) is 5.92 Å². The minimum absolute atomic E-state index is 0.954. The number of rotatable bonds is 10. The van der Waals surface area contributed by atoms with Crippen molar-refractivity contribution in [3.05, 3.63) is 0 Å². The van der Waals surface area contributed by atoms with Gasteiger partial charge in [-0.1, -0.05) is 85.0 Å². The van der Waals surface area contributed by atoms with Crippen molar-refractivity contribution in [2.75, 3.05) is 0 Å². The van der Waals surface area contributed by atoms with Gasteiger partial charge in [0.2, 0.25) is 0 Å². The molecule has 0 aliphatic rings. The largest absolute Gasteiger partial charge is 0.0654 e. The molecule has 0 fully saturated rings. The van der Waals surface area contributed by atoms with E-state index in [9.17, 15) is 0 Å². The van der Waals surface area contributed by atoms with Crippen LogP contribution in [0.4, 0.5) is 0 Å². The monoisotopic (exact) mass is 198 g/mol. The Hall–Kier alpha value is 0. The lowest BCUT2D eigenvalue weighted by atomic mass is 10.00. The van der Waals surface area contributed by atoms with Crippen LogP contribution in [0.15, 0.2) is 0 Å². The molecule has 0 heterocycles. The van der Waals surface area contributed by atoms with E-state index >= 15 is 0 Å². The molecule has 0 rings (SSSR count). The minimum atomic E-state index is 0.954. The highest BCUT2D eigenvalue weighted by atomic mass is 14.0. The van der Waals surface area contributed by atoms with Gasteiger partial charge in [0.05, 0.1) is 0 Å². The Bertz CT molecular complexity index is 96.2. The molecule has 0 unspecified atom stereocenters. The van der Waals surface area contributed by atoms with Crippen LogP contribution in [0, 0.1) is 5.92 Å². The van der Waals surface area contributed by atoms with Crippen LogP contribution in [0.25, 0.3) is 0 Å². The van der Waals surface area contributed by atoms with E-state index in [0.717, 1.165) is 5.92 Å². The molecule has 0 aromatic carbocycles. The van der Waals surface area contributed by atoms with Gasteiger partial charge in [0.1, 0.15) is 0 Å². The van der Waals surface area contributed by atoms with Gasteiger partial charge in [0.15, 0.2) is 0 Å². The van der Waals surface area contributed by atoms with Gasteiger partial charge >= 0.3 is 0 Å². The van der Waals surface area contributed by atoms with Crippen LogP contribution in [-0.4, -0.2) is 0 Å². The summed E-state index contributed by atoms with van der Waals surface area (Å²) in [5.41, 5.74) is 0. The molecule has 0 heteroatoms. The van der Waals surface area contributed by atoms with E-state index in [4.69, 9.17) is 0 Å². The molecule has 0 amide bonds. The molecule has 0 saturated heterocycles. The van der Waals surface area contributed by atoms with Gasteiger partial charge in [0, 0.05) is 0 Å². The maximum Gasteiger partial charge on any atom is -0.0445 e. The third-order valence-electron chi connectivity index (χ3n) is 3.25. The lowest BCUT2D eigenvalue weighted by Crippen LogP contribution is -1.91. The van der Waals surface area contributed by atoms with Crippen LogP contribution in [0.5, 0.6) is 0 Å². The molecule has 0 aliphatic heterocycles. The van der Waals surface area contributed by atoms with E-state index in [1.54, 1.807) is 0 Å². The van der Waals surface area contributed by atoms with Crippen molar-refractivity contribution in [2.45, 2.75) is 85.0 Å². The fourth-order valence-corrected chi connectivity index (χ4v) is 1.83. The lowest BCUT2D eigenvalue weighted by Gasteiger charge is -2.07. The van der Waals surface area contributed by atoms with E-state index in [2.05, 4.69) is 20.8 Å². The first-order valence-electron chi connectivity index (χ1n) is 6.81. The number of hydrogen-bond donors (Lipinski definition) is 0. The summed E-state index contributed by atoms with van der Waals surface area (Å²) < 4.78 is 0. The van der Waals surface area contributed by atoms with E-state index < -0.39 is 0 Å². The molecule has 86 valence electrons. The molecule has 0 bridgehead atoms. The predicted octanol–water partition coefficient (Wildman–Crippen LogP) is 5.56. The van der Waals surface area contributed by atoms with Gasteiger partial charge in [-0.05, 0) is 5.92 Å². The van der Waals surface area contributed by atoms with Crippen LogP contribution >= 0.6 is 0 Å². The van der Waals surface area contributed by atoms with E-state index in [0.29, 0.717) is 0 Å². The highest BCUT2D eigenvalue weighted by molar-refractivity contribution is 4.51. The molecule has 0 aromatic heterocycles. The first-order chi connectivity index (χ1) is 6.81. The molecule has 0 saturated carbocycles. The first-order valence-corrected chi connectivity index (χ1v) is 6.81. The van der Waals surface area contributed by atoms with E-state index in [-0.39, 0.29) is 0 Å². The summed E-state index contributed by atoms with van der Waals surface area (Å²) >= 11 is 0. The second kappa shape index (κ2) is 11.1. The quantitative estimate of drug-likeness (QED) is 0.403. The first kappa shape index (κ1) is 14.0. The lowest BCUT2D eigenvalue weighted by molar-refractivity contribution is 0.470. The summed E-state index contributed by atoms with van der Waals surface area (Å²) in [7, 11) is 0. The fraction of sp³-hybridized carbons (Fsp3) is 1.00. The van der Waals surface area contributed by atoms with Gasteiger partial charge in [-0.2, -0.15) is 0 Å². The fourth-order valence-electron chi connectivity index (χ4n) is 1.83. The van der Waals surface area contributed by atoms with Crippen LogP contribution < -0.4 is 0 Å². The highest BCUT2D eigenvalue weighted by Crippen LogP contribution is 2.14. The summed E-state index contributed by atoms with van der Waals surface area (Å²) in [4.78, 5) is 0. The maximum atomic E-state index is 2.38. The molecule has 0 spiro atoms. The Kier molecular flexibility index (Phi) is 11.1. The minimum Gasteiger partial charge on any atom is -0.0654 e. The summed E-state index contributed by atoms with van der Waals surface area (Å²) in [5, 5.41) is 0. The zero-order chi connectivity index (χ0) is 10.6. The average molecular weight is 198 g/mol. The number of hydrogen-bond acceptors (Lipinski definition) is 0. The molecule has 0 nitrogen and oxygen atoms in total. The standard InChI is InChI=1S/C14H30/c1-4-6-7-8-9-10-11-12-13-14(3)5-2/h14H,4-13H2,1-3H3/t14-/m1/s1. The highest BCUT2D eigenvalue weighted by Gasteiger charge is 1.97.